The van der Waals surface area contributed by atoms with Gasteiger partial charge in [-0.15, -0.1) is 0 Å². The molecule has 2 atom stereocenters. The molecule has 5 rings (SSSR count). The minimum absolute atomic E-state index is 0.0367. The third-order valence-corrected chi connectivity index (χ3v) is 11.3. The van der Waals surface area contributed by atoms with Crippen LogP contribution in [0.1, 0.15) is 82.5 Å². The molecule has 2 fully saturated rings. The minimum Gasteiger partial charge on any atom is -0.370 e. The molecule has 3 aliphatic rings. The van der Waals surface area contributed by atoms with Crippen LogP contribution in [0.5, 0.6) is 0 Å². The summed E-state index contributed by atoms with van der Waals surface area (Å²) in [5.41, 5.74) is 7.67. The number of unbranched alkanes of at least 4 members (excludes halogenated alkanes) is 1. The topological polar surface area (TPSA) is 190 Å². The molecule has 3 aliphatic heterocycles. The number of para-hydroxylation sites is 3. The molecular formula is C43H63N9O6. The first-order valence-electron chi connectivity index (χ1n) is 21.0. The van der Waals surface area contributed by atoms with E-state index < -0.39 is 29.8 Å². The van der Waals surface area contributed by atoms with Gasteiger partial charge in [0.1, 0.15) is 12.1 Å². The molecule has 0 radical (unpaired) electrons. The molecule has 0 aliphatic carbocycles. The molecule has 6 amide bonds. The number of hydrogen-bond donors (Lipinski definition) is 5. The average molecular weight is 802 g/mol. The van der Waals surface area contributed by atoms with Gasteiger partial charge in [-0.1, -0.05) is 51.0 Å². The van der Waals surface area contributed by atoms with Crippen molar-refractivity contribution in [2.75, 3.05) is 75.7 Å². The molecule has 0 bridgehead atoms. The highest BCUT2D eigenvalue weighted by molar-refractivity contribution is 6.18. The fourth-order valence-corrected chi connectivity index (χ4v) is 8.16. The van der Waals surface area contributed by atoms with Crippen LogP contribution in [0, 0.1) is 11.8 Å². The maximum atomic E-state index is 13.8. The van der Waals surface area contributed by atoms with Gasteiger partial charge in [0.2, 0.25) is 29.5 Å². The van der Waals surface area contributed by atoms with E-state index >= 15 is 0 Å². The normalized spacial score (nSPS) is 17.7. The van der Waals surface area contributed by atoms with Crippen LogP contribution in [0.2, 0.25) is 0 Å². The fourth-order valence-electron chi connectivity index (χ4n) is 8.16. The van der Waals surface area contributed by atoms with Crippen molar-refractivity contribution in [2.45, 2.75) is 84.2 Å². The first-order chi connectivity index (χ1) is 27.9. The van der Waals surface area contributed by atoms with E-state index in [1.165, 1.54) is 19.8 Å². The number of likely N-dealkylation sites (tertiary alicyclic amines) is 1. The lowest BCUT2D eigenvalue weighted by Gasteiger charge is -2.35. The summed E-state index contributed by atoms with van der Waals surface area (Å²) in [5.74, 6) is -1.20. The molecule has 2 aromatic carbocycles. The van der Waals surface area contributed by atoms with Crippen molar-refractivity contribution < 1.29 is 28.8 Å². The smallest absolute Gasteiger partial charge is 0.257 e. The number of rotatable bonds is 19. The van der Waals surface area contributed by atoms with Gasteiger partial charge in [-0.05, 0) is 87.8 Å². The number of hydrogen-bond acceptors (Lipinski definition) is 9. The Morgan fingerprint density at radius 1 is 0.793 bits per heavy atom. The van der Waals surface area contributed by atoms with Crippen molar-refractivity contribution >= 4 is 52.5 Å². The van der Waals surface area contributed by atoms with Crippen LogP contribution in [0.4, 0.5) is 17.1 Å². The van der Waals surface area contributed by atoms with Crippen molar-refractivity contribution in [1.29, 1.82) is 0 Å². The summed E-state index contributed by atoms with van der Waals surface area (Å²) in [6.45, 7) is 13.4. The van der Waals surface area contributed by atoms with Gasteiger partial charge in [0, 0.05) is 52.6 Å². The first-order valence-corrected chi connectivity index (χ1v) is 21.0. The van der Waals surface area contributed by atoms with Gasteiger partial charge in [0.05, 0.1) is 29.2 Å². The number of nitrogens with one attached hydrogen (secondary N) is 4. The molecule has 3 heterocycles. The third-order valence-electron chi connectivity index (χ3n) is 11.3. The largest absolute Gasteiger partial charge is 0.370 e. The monoisotopic (exact) mass is 801 g/mol. The summed E-state index contributed by atoms with van der Waals surface area (Å²) in [4.78, 5) is 84.7. The molecule has 0 saturated carbocycles. The molecular weight excluding hydrogens is 739 g/mol. The Morgan fingerprint density at radius 3 is 2.12 bits per heavy atom. The maximum Gasteiger partial charge on any atom is 0.257 e. The standard InChI is InChI=1S/C43H63N9O6/c1-30(2)28-36(48-43(58)35(46-31(3)53)15-16-39(44)54)42(57)45-19-23-50-26-24-49(25-27-50)20-9-8-10-32-17-21-51(22-18-32)29-40(55)52-37-13-6-4-11-33(37)41(56)47-34-12-5-7-14-38(34)52/h4-7,11-14,30,32,35-36H,8-10,15-29H2,1-3H3,(H2,44,54)(H,45,57)(H,46,53)(H,47,56)(H,48,58)/t35-,36-/m0/s1. The van der Waals surface area contributed by atoms with Gasteiger partial charge in [0.15, 0.2) is 0 Å². The summed E-state index contributed by atoms with van der Waals surface area (Å²) >= 11 is 0. The zero-order valence-corrected chi connectivity index (χ0v) is 34.5. The van der Waals surface area contributed by atoms with E-state index in [0.717, 1.165) is 71.6 Å². The number of benzene rings is 2. The second-order valence-corrected chi connectivity index (χ2v) is 16.4. The van der Waals surface area contributed by atoms with E-state index in [0.29, 0.717) is 48.1 Å². The molecule has 15 nitrogen and oxygen atoms in total. The van der Waals surface area contributed by atoms with Crippen LogP contribution in [0.25, 0.3) is 0 Å². The molecule has 0 unspecified atom stereocenters. The molecule has 58 heavy (non-hydrogen) atoms. The van der Waals surface area contributed by atoms with E-state index in [4.69, 9.17) is 5.73 Å². The number of anilines is 3. The van der Waals surface area contributed by atoms with Crippen molar-refractivity contribution in [3.8, 4) is 0 Å². The van der Waals surface area contributed by atoms with E-state index in [9.17, 15) is 28.8 Å². The van der Waals surface area contributed by atoms with Crippen LogP contribution in [-0.2, 0) is 24.0 Å². The second-order valence-electron chi connectivity index (χ2n) is 16.4. The van der Waals surface area contributed by atoms with Crippen LogP contribution >= 0.6 is 0 Å². The van der Waals surface area contributed by atoms with E-state index in [1.54, 1.807) is 11.0 Å². The maximum absolute atomic E-state index is 13.8. The molecule has 0 aromatic heterocycles. The van der Waals surface area contributed by atoms with Crippen molar-refractivity contribution in [2.24, 2.45) is 17.6 Å². The molecule has 316 valence electrons. The van der Waals surface area contributed by atoms with Crippen molar-refractivity contribution in [3.63, 3.8) is 0 Å². The summed E-state index contributed by atoms with van der Waals surface area (Å²) in [7, 11) is 0. The van der Waals surface area contributed by atoms with Crippen molar-refractivity contribution in [1.82, 2.24) is 30.7 Å². The Bertz CT molecular complexity index is 1740. The predicted molar refractivity (Wildman–Crippen MR) is 224 cm³/mol. The minimum atomic E-state index is -0.950. The summed E-state index contributed by atoms with van der Waals surface area (Å²) in [6, 6.07) is 13.0. The number of amides is 6. The second kappa shape index (κ2) is 21.8. The highest BCUT2D eigenvalue weighted by Crippen LogP contribution is 2.38. The third kappa shape index (κ3) is 13.1. The number of piperidine rings is 1. The average Bonchev–Trinajstić information content (AvgIpc) is 3.32. The molecule has 2 saturated heterocycles. The Balaban J connectivity index is 0.961. The zero-order chi connectivity index (χ0) is 41.6. The number of carbonyl (C=O) groups is 6. The molecule has 2 aromatic rings. The zero-order valence-electron chi connectivity index (χ0n) is 34.5. The number of nitrogens with two attached hydrogens (primary N) is 1. The van der Waals surface area contributed by atoms with Crippen LogP contribution in [0.15, 0.2) is 48.5 Å². The van der Waals surface area contributed by atoms with Gasteiger partial charge >= 0.3 is 0 Å². The number of primary amides is 1. The Morgan fingerprint density at radius 2 is 1.45 bits per heavy atom. The lowest BCUT2D eigenvalue weighted by atomic mass is 9.91. The van der Waals surface area contributed by atoms with Crippen LogP contribution in [0.3, 0.4) is 0 Å². The van der Waals surface area contributed by atoms with Gasteiger partial charge in [-0.3, -0.25) is 43.5 Å². The van der Waals surface area contributed by atoms with E-state index in [2.05, 4.69) is 36.0 Å². The molecule has 15 heteroatoms. The lowest BCUT2D eigenvalue weighted by molar-refractivity contribution is -0.132. The van der Waals surface area contributed by atoms with Crippen molar-refractivity contribution in [3.05, 3.63) is 54.1 Å². The van der Waals surface area contributed by atoms with Crippen LogP contribution in [-0.4, -0.2) is 128 Å². The SMILES string of the molecule is CC(=O)N[C@@H](CCC(N)=O)C(=O)N[C@@H](CC(C)C)C(=O)NCCN1CCN(CCCCC2CCN(CC(=O)N3c4ccccc4NC(=O)c4ccccc43)CC2)CC1. The molecule has 6 N–H and O–H groups in total. The highest BCUT2D eigenvalue weighted by Gasteiger charge is 2.31. The number of piperazine rings is 1. The van der Waals surface area contributed by atoms with E-state index in [1.807, 2.05) is 56.3 Å². The van der Waals surface area contributed by atoms with Gasteiger partial charge in [0.25, 0.3) is 5.91 Å². The van der Waals surface area contributed by atoms with Gasteiger partial charge < -0.3 is 31.9 Å². The van der Waals surface area contributed by atoms with Crippen LogP contribution < -0.4 is 31.9 Å². The number of fused-ring (bicyclic) bond motifs is 2. The Kier molecular flexibility index (Phi) is 16.6. The molecule has 0 spiro atoms. The van der Waals surface area contributed by atoms with E-state index in [-0.39, 0.29) is 36.5 Å². The lowest BCUT2D eigenvalue weighted by Crippen LogP contribution is -2.55. The highest BCUT2D eigenvalue weighted by atomic mass is 16.2. The summed E-state index contributed by atoms with van der Waals surface area (Å²) in [6.07, 6.45) is 6.13. The number of carbonyl (C=O) groups excluding carboxylic acids is 6. The summed E-state index contributed by atoms with van der Waals surface area (Å²) in [5, 5.41) is 11.3. The van der Waals surface area contributed by atoms with Gasteiger partial charge in [-0.2, -0.15) is 0 Å². The quantitative estimate of drug-likeness (QED) is 0.133. The fraction of sp³-hybridized carbons (Fsp3) is 0.581. The summed E-state index contributed by atoms with van der Waals surface area (Å²) < 4.78 is 0. The van der Waals surface area contributed by atoms with Gasteiger partial charge in [-0.25, -0.2) is 0 Å². The predicted octanol–water partition coefficient (Wildman–Crippen LogP) is 2.83. The number of nitrogens with zero attached hydrogens (tertiary/aromatic N) is 4. The first kappa shape index (κ1) is 44.2. The Hall–Kier alpha value is -4.86. The Labute approximate surface area is 342 Å².